The number of benzene rings is 1. The number of aromatic nitrogens is 2. The molecule has 0 aliphatic heterocycles. The quantitative estimate of drug-likeness (QED) is 0.653. The van der Waals surface area contributed by atoms with Gasteiger partial charge < -0.3 is 4.57 Å². The molecule has 3 nitrogen and oxygen atoms in total. The van der Waals surface area contributed by atoms with Crippen LogP contribution >= 0.6 is 0 Å². The Morgan fingerprint density at radius 1 is 1.21 bits per heavy atom. The van der Waals surface area contributed by atoms with Crippen LogP contribution in [0.3, 0.4) is 0 Å². The van der Waals surface area contributed by atoms with Gasteiger partial charge in [-0.15, -0.1) is 0 Å². The van der Waals surface area contributed by atoms with Gasteiger partial charge in [-0.3, -0.25) is 9.78 Å². The lowest BCUT2D eigenvalue weighted by Gasteiger charge is -2.12. The zero-order valence-corrected chi connectivity index (χ0v) is 10.9. The predicted octanol–water partition coefficient (Wildman–Crippen LogP) is 3.45. The molecule has 2 heterocycles. The third-order valence-electron chi connectivity index (χ3n) is 3.50. The van der Waals surface area contributed by atoms with Crippen LogP contribution in [0.2, 0.25) is 0 Å². The van der Waals surface area contributed by atoms with Gasteiger partial charge in [-0.2, -0.15) is 0 Å². The second kappa shape index (κ2) is 4.35. The number of pyridine rings is 1. The molecule has 0 unspecified atom stereocenters. The first-order chi connectivity index (χ1) is 9.22. The fraction of sp³-hybridized carbons (Fsp3) is 0.125. The molecule has 0 atom stereocenters. The highest BCUT2D eigenvalue weighted by Crippen LogP contribution is 2.26. The summed E-state index contributed by atoms with van der Waals surface area (Å²) in [7, 11) is 0. The molecule has 1 aromatic carbocycles. The van der Waals surface area contributed by atoms with Crippen molar-refractivity contribution in [2.75, 3.05) is 0 Å². The number of nitrogens with zero attached hydrogens (tertiary/aromatic N) is 2. The highest BCUT2D eigenvalue weighted by atomic mass is 16.1. The third-order valence-corrected chi connectivity index (χ3v) is 3.50. The third kappa shape index (κ3) is 1.74. The highest BCUT2D eigenvalue weighted by molar-refractivity contribution is 5.90. The van der Waals surface area contributed by atoms with Gasteiger partial charge in [0.05, 0.1) is 5.69 Å². The molecule has 0 saturated heterocycles. The zero-order chi connectivity index (χ0) is 13.4. The van der Waals surface area contributed by atoms with Gasteiger partial charge in [0.1, 0.15) is 0 Å². The molecule has 94 valence electrons. The van der Waals surface area contributed by atoms with Crippen molar-refractivity contribution >= 4 is 17.1 Å². The topological polar surface area (TPSA) is 34.9 Å². The highest BCUT2D eigenvalue weighted by Gasteiger charge is 2.12. The van der Waals surface area contributed by atoms with Gasteiger partial charge in [0.2, 0.25) is 0 Å². The van der Waals surface area contributed by atoms with Crippen molar-refractivity contribution in [3.05, 3.63) is 59.7 Å². The molecule has 3 heteroatoms. The summed E-state index contributed by atoms with van der Waals surface area (Å²) in [6.45, 7) is 3.97. The fourth-order valence-electron chi connectivity index (χ4n) is 2.57. The van der Waals surface area contributed by atoms with Gasteiger partial charge in [-0.1, -0.05) is 12.1 Å². The van der Waals surface area contributed by atoms with E-state index in [1.165, 1.54) is 0 Å². The Hall–Kier alpha value is -2.42. The summed E-state index contributed by atoms with van der Waals surface area (Å²) in [6.07, 6.45) is 4.56. The maximum Gasteiger partial charge on any atom is 0.151 e. The van der Waals surface area contributed by atoms with Crippen molar-refractivity contribution in [3.8, 4) is 5.69 Å². The van der Waals surface area contributed by atoms with Crippen LogP contribution in [-0.4, -0.2) is 15.8 Å². The van der Waals surface area contributed by atoms with Crippen molar-refractivity contribution < 1.29 is 4.79 Å². The minimum atomic E-state index is 0.735. The van der Waals surface area contributed by atoms with E-state index in [1.807, 2.05) is 38.2 Å². The van der Waals surface area contributed by atoms with Crippen molar-refractivity contribution in [1.82, 2.24) is 9.55 Å². The second-order valence-electron chi connectivity index (χ2n) is 4.65. The summed E-state index contributed by atoms with van der Waals surface area (Å²) in [4.78, 5) is 15.3. The van der Waals surface area contributed by atoms with E-state index in [1.54, 1.807) is 6.20 Å². The molecule has 0 N–H and O–H groups in total. The number of hydrogen-bond acceptors (Lipinski definition) is 2. The van der Waals surface area contributed by atoms with E-state index >= 15 is 0 Å². The molecule has 0 radical (unpaired) electrons. The predicted molar refractivity (Wildman–Crippen MR) is 75.9 cm³/mol. The zero-order valence-electron chi connectivity index (χ0n) is 10.9. The van der Waals surface area contributed by atoms with Crippen LogP contribution in [0, 0.1) is 13.8 Å². The van der Waals surface area contributed by atoms with E-state index in [0.29, 0.717) is 0 Å². The molecule has 0 saturated carbocycles. The average molecular weight is 250 g/mol. The summed E-state index contributed by atoms with van der Waals surface area (Å²) in [6, 6.07) is 10.1. The molecule has 0 fully saturated rings. The number of aldehydes is 1. The van der Waals surface area contributed by atoms with Crippen LogP contribution in [0.15, 0.2) is 42.7 Å². The van der Waals surface area contributed by atoms with E-state index in [0.717, 1.165) is 39.7 Å². The van der Waals surface area contributed by atoms with E-state index < -0.39 is 0 Å². The van der Waals surface area contributed by atoms with E-state index in [4.69, 9.17) is 0 Å². The second-order valence-corrected chi connectivity index (χ2v) is 4.65. The lowest BCUT2D eigenvalue weighted by Crippen LogP contribution is -2.00. The number of hydrogen-bond donors (Lipinski definition) is 0. The number of fused-ring (bicyclic) bond motifs is 1. The van der Waals surface area contributed by atoms with Crippen molar-refractivity contribution in [3.63, 3.8) is 0 Å². The first-order valence-corrected chi connectivity index (χ1v) is 6.19. The Morgan fingerprint density at radius 2 is 2.05 bits per heavy atom. The first-order valence-electron chi connectivity index (χ1n) is 6.19. The Balaban J connectivity index is 2.37. The van der Waals surface area contributed by atoms with Gasteiger partial charge in [-0.25, -0.2) is 0 Å². The lowest BCUT2D eigenvalue weighted by atomic mass is 10.1. The Bertz CT molecular complexity index is 766. The van der Waals surface area contributed by atoms with E-state index in [2.05, 4.69) is 21.7 Å². The lowest BCUT2D eigenvalue weighted by molar-refractivity contribution is 0.112. The first kappa shape index (κ1) is 11.7. The van der Waals surface area contributed by atoms with Crippen molar-refractivity contribution in [2.45, 2.75) is 13.8 Å². The van der Waals surface area contributed by atoms with Crippen molar-refractivity contribution in [2.24, 2.45) is 0 Å². The van der Waals surface area contributed by atoms with E-state index in [-0.39, 0.29) is 0 Å². The molecule has 0 aliphatic carbocycles. The molecular formula is C16H14N2O. The maximum atomic E-state index is 11.1. The summed E-state index contributed by atoms with van der Waals surface area (Å²) in [5.41, 5.74) is 3.81. The Morgan fingerprint density at radius 3 is 2.79 bits per heavy atom. The molecule has 0 aliphatic rings. The smallest absolute Gasteiger partial charge is 0.151 e. The molecule has 0 spiro atoms. The van der Waals surface area contributed by atoms with Crippen molar-refractivity contribution in [1.29, 1.82) is 0 Å². The van der Waals surface area contributed by atoms with Crippen LogP contribution < -0.4 is 0 Å². The number of carbonyl (C=O) groups excluding carboxylic acids is 1. The molecule has 0 bridgehead atoms. The van der Waals surface area contributed by atoms with Crippen LogP contribution in [0.25, 0.3) is 16.5 Å². The normalized spacial score (nSPS) is 10.8. The van der Waals surface area contributed by atoms with Crippen LogP contribution in [-0.2, 0) is 0 Å². The summed E-state index contributed by atoms with van der Waals surface area (Å²) in [5.74, 6) is 0. The molecule has 0 amide bonds. The standard InChI is InChI=1S/C16H14N2O/c1-11-8-14(10-19)12(2)18(11)16-5-3-4-13-6-7-17-9-15(13)16/h3-10H,1-2H3. The maximum absolute atomic E-state index is 11.1. The Kier molecular flexibility index (Phi) is 2.67. The number of rotatable bonds is 2. The molecule has 3 aromatic rings. The van der Waals surface area contributed by atoms with E-state index in [9.17, 15) is 4.79 Å². The monoisotopic (exact) mass is 250 g/mol. The SMILES string of the molecule is Cc1cc(C=O)c(C)n1-c1cccc2ccncc12. The fourth-order valence-corrected chi connectivity index (χ4v) is 2.57. The van der Waals surface area contributed by atoms with Gasteiger partial charge >= 0.3 is 0 Å². The average Bonchev–Trinajstić information content (AvgIpc) is 2.73. The minimum absolute atomic E-state index is 0.735. The molecule has 3 rings (SSSR count). The van der Waals surface area contributed by atoms with Crippen LogP contribution in [0.5, 0.6) is 0 Å². The van der Waals surface area contributed by atoms with Crippen LogP contribution in [0.4, 0.5) is 0 Å². The van der Waals surface area contributed by atoms with Crippen LogP contribution in [0.1, 0.15) is 21.7 Å². The summed E-state index contributed by atoms with van der Waals surface area (Å²) < 4.78 is 2.10. The largest absolute Gasteiger partial charge is 0.317 e. The van der Waals surface area contributed by atoms with Gasteiger partial charge in [0, 0.05) is 34.7 Å². The van der Waals surface area contributed by atoms with Gasteiger partial charge in [-0.05, 0) is 37.4 Å². The Labute approximate surface area is 111 Å². The molecule has 19 heavy (non-hydrogen) atoms. The van der Waals surface area contributed by atoms with Gasteiger partial charge in [0.25, 0.3) is 0 Å². The number of carbonyl (C=O) groups is 1. The number of aryl methyl sites for hydroxylation is 1. The summed E-state index contributed by atoms with van der Waals surface area (Å²) >= 11 is 0. The van der Waals surface area contributed by atoms with Gasteiger partial charge in [0.15, 0.2) is 6.29 Å². The minimum Gasteiger partial charge on any atom is -0.317 e. The molecule has 2 aromatic heterocycles. The molecular weight excluding hydrogens is 236 g/mol. The summed E-state index contributed by atoms with van der Waals surface area (Å²) in [5, 5.41) is 2.23.